The Bertz CT molecular complexity index is 429. The zero-order valence-corrected chi connectivity index (χ0v) is 11.8. The summed E-state index contributed by atoms with van der Waals surface area (Å²) >= 11 is 0. The van der Waals surface area contributed by atoms with E-state index in [9.17, 15) is 13.2 Å². The van der Waals surface area contributed by atoms with Crippen molar-refractivity contribution in [2.75, 3.05) is 26.2 Å². The zero-order valence-electron chi connectivity index (χ0n) is 11.8. The Morgan fingerprint density at radius 1 is 1.50 bits per heavy atom. The Hall–Kier alpha value is -1.08. The molecule has 1 aromatic rings. The van der Waals surface area contributed by atoms with Gasteiger partial charge in [0, 0.05) is 31.4 Å². The second-order valence-electron chi connectivity index (χ2n) is 5.58. The lowest BCUT2D eigenvalue weighted by molar-refractivity contribution is -0.143. The summed E-state index contributed by atoms with van der Waals surface area (Å²) in [5.41, 5.74) is 1.10. The maximum Gasteiger partial charge on any atom is 0.401 e. The molecule has 20 heavy (non-hydrogen) atoms. The Kier molecular flexibility index (Phi) is 4.70. The summed E-state index contributed by atoms with van der Waals surface area (Å²) in [6.45, 7) is 3.05. The standard InChI is InChI=1S/C13H21F3N4/c1-10(12-6-18-19(2)8-12)17-5-11-3-4-20(7-11)9-13(14,15)16/h6,8,10-11,17H,3-5,7,9H2,1-2H3. The quantitative estimate of drug-likeness (QED) is 0.900. The molecular formula is C13H21F3N4. The van der Waals surface area contributed by atoms with Crippen LogP contribution in [0, 0.1) is 5.92 Å². The van der Waals surface area contributed by atoms with Crippen LogP contribution in [0.5, 0.6) is 0 Å². The van der Waals surface area contributed by atoms with E-state index in [2.05, 4.69) is 10.4 Å². The molecule has 1 aliphatic heterocycles. The minimum absolute atomic E-state index is 0.167. The van der Waals surface area contributed by atoms with Crippen molar-refractivity contribution in [1.29, 1.82) is 0 Å². The lowest BCUT2D eigenvalue weighted by Crippen LogP contribution is -2.34. The summed E-state index contributed by atoms with van der Waals surface area (Å²) in [7, 11) is 1.86. The lowest BCUT2D eigenvalue weighted by atomic mass is 10.1. The Morgan fingerprint density at radius 3 is 2.85 bits per heavy atom. The normalized spacial score (nSPS) is 22.4. The molecule has 0 aromatic carbocycles. The molecule has 1 N–H and O–H groups in total. The second kappa shape index (κ2) is 6.13. The topological polar surface area (TPSA) is 33.1 Å². The van der Waals surface area contributed by atoms with Crippen molar-refractivity contribution in [3.8, 4) is 0 Å². The van der Waals surface area contributed by atoms with E-state index >= 15 is 0 Å². The molecule has 114 valence electrons. The van der Waals surface area contributed by atoms with Gasteiger partial charge in [0.2, 0.25) is 0 Å². The van der Waals surface area contributed by atoms with Gasteiger partial charge in [-0.05, 0) is 32.4 Å². The van der Waals surface area contributed by atoms with Gasteiger partial charge in [-0.25, -0.2) is 0 Å². The number of rotatable bonds is 5. The fourth-order valence-electron chi connectivity index (χ4n) is 2.60. The van der Waals surface area contributed by atoms with Gasteiger partial charge in [0.1, 0.15) is 0 Å². The highest BCUT2D eigenvalue weighted by Gasteiger charge is 2.34. The van der Waals surface area contributed by atoms with E-state index in [0.29, 0.717) is 13.1 Å². The Labute approximate surface area is 116 Å². The molecule has 4 nitrogen and oxygen atoms in total. The Morgan fingerprint density at radius 2 is 2.25 bits per heavy atom. The molecule has 7 heteroatoms. The van der Waals surface area contributed by atoms with Crippen molar-refractivity contribution in [3.63, 3.8) is 0 Å². The van der Waals surface area contributed by atoms with Crippen molar-refractivity contribution in [1.82, 2.24) is 20.0 Å². The van der Waals surface area contributed by atoms with E-state index < -0.39 is 12.7 Å². The molecule has 2 heterocycles. The minimum atomic E-state index is -4.09. The summed E-state index contributed by atoms with van der Waals surface area (Å²) in [5.74, 6) is 0.288. The highest BCUT2D eigenvalue weighted by molar-refractivity contribution is 5.08. The van der Waals surface area contributed by atoms with E-state index in [1.807, 2.05) is 26.4 Å². The predicted octanol–water partition coefficient (Wildman–Crippen LogP) is 1.95. The van der Waals surface area contributed by atoms with Crippen LogP contribution >= 0.6 is 0 Å². The van der Waals surface area contributed by atoms with E-state index in [1.54, 1.807) is 4.68 Å². The van der Waals surface area contributed by atoms with Crippen molar-refractivity contribution in [2.45, 2.75) is 25.6 Å². The number of nitrogens with one attached hydrogen (secondary N) is 1. The average Bonchev–Trinajstić information content (AvgIpc) is 2.93. The zero-order chi connectivity index (χ0) is 14.8. The summed E-state index contributed by atoms with van der Waals surface area (Å²) < 4.78 is 38.7. The van der Waals surface area contributed by atoms with Gasteiger partial charge in [0.15, 0.2) is 0 Å². The minimum Gasteiger partial charge on any atom is -0.310 e. The molecule has 0 amide bonds. The number of alkyl halides is 3. The molecule has 2 atom stereocenters. The molecular weight excluding hydrogens is 269 g/mol. The fourth-order valence-corrected chi connectivity index (χ4v) is 2.60. The molecule has 0 saturated carbocycles. The number of nitrogens with zero attached hydrogens (tertiary/aromatic N) is 3. The highest BCUT2D eigenvalue weighted by Crippen LogP contribution is 2.23. The molecule has 0 spiro atoms. The van der Waals surface area contributed by atoms with Crippen molar-refractivity contribution in [3.05, 3.63) is 18.0 Å². The predicted molar refractivity (Wildman–Crippen MR) is 70.2 cm³/mol. The van der Waals surface area contributed by atoms with Crippen LogP contribution in [0.15, 0.2) is 12.4 Å². The third-order valence-corrected chi connectivity index (χ3v) is 3.71. The monoisotopic (exact) mass is 290 g/mol. The number of halogens is 3. The van der Waals surface area contributed by atoms with Gasteiger partial charge in [0.05, 0.1) is 12.7 Å². The summed E-state index contributed by atoms with van der Waals surface area (Å²) in [6, 6.07) is 0.167. The highest BCUT2D eigenvalue weighted by atomic mass is 19.4. The smallest absolute Gasteiger partial charge is 0.310 e. The van der Waals surface area contributed by atoms with Gasteiger partial charge < -0.3 is 5.32 Å². The third-order valence-electron chi connectivity index (χ3n) is 3.71. The molecule has 0 radical (unpaired) electrons. The Balaban J connectivity index is 1.73. The third kappa shape index (κ3) is 4.49. The molecule has 1 saturated heterocycles. The molecule has 1 aromatic heterocycles. The first-order valence-electron chi connectivity index (χ1n) is 6.84. The molecule has 0 bridgehead atoms. The van der Waals surface area contributed by atoms with Crippen LogP contribution in [0.2, 0.25) is 0 Å². The maximum atomic E-state index is 12.3. The molecule has 2 rings (SSSR count). The second-order valence-corrected chi connectivity index (χ2v) is 5.58. The number of likely N-dealkylation sites (tertiary alicyclic amines) is 1. The van der Waals surface area contributed by atoms with Gasteiger partial charge in [-0.15, -0.1) is 0 Å². The van der Waals surface area contributed by atoms with Crippen molar-refractivity contribution < 1.29 is 13.2 Å². The van der Waals surface area contributed by atoms with Gasteiger partial charge in [-0.1, -0.05) is 0 Å². The lowest BCUT2D eigenvalue weighted by Gasteiger charge is -2.19. The first-order valence-corrected chi connectivity index (χ1v) is 6.84. The first-order chi connectivity index (χ1) is 9.33. The van der Waals surface area contributed by atoms with Crippen LogP contribution in [-0.2, 0) is 7.05 Å². The van der Waals surface area contributed by atoms with Gasteiger partial charge in [-0.2, -0.15) is 18.3 Å². The van der Waals surface area contributed by atoms with Crippen LogP contribution in [0.4, 0.5) is 13.2 Å². The van der Waals surface area contributed by atoms with Crippen molar-refractivity contribution in [2.24, 2.45) is 13.0 Å². The van der Waals surface area contributed by atoms with E-state index in [0.717, 1.165) is 18.5 Å². The average molecular weight is 290 g/mol. The maximum absolute atomic E-state index is 12.3. The van der Waals surface area contributed by atoms with Crippen LogP contribution in [0.3, 0.4) is 0 Å². The molecule has 1 aliphatic rings. The molecule has 2 unspecified atom stereocenters. The molecule has 1 fully saturated rings. The fraction of sp³-hybridized carbons (Fsp3) is 0.769. The number of aryl methyl sites for hydroxylation is 1. The summed E-state index contributed by atoms with van der Waals surface area (Å²) in [5, 5.41) is 7.49. The number of hydrogen-bond donors (Lipinski definition) is 1. The number of aromatic nitrogens is 2. The van der Waals surface area contributed by atoms with Gasteiger partial charge >= 0.3 is 6.18 Å². The van der Waals surface area contributed by atoms with E-state index in [1.165, 1.54) is 4.90 Å². The summed E-state index contributed by atoms with van der Waals surface area (Å²) in [4.78, 5) is 1.49. The number of hydrogen-bond acceptors (Lipinski definition) is 3. The SMILES string of the molecule is CC(NCC1CCN(CC(F)(F)F)C1)c1cnn(C)c1. The van der Waals surface area contributed by atoms with Crippen molar-refractivity contribution >= 4 is 0 Å². The van der Waals surface area contributed by atoms with Crippen LogP contribution in [-0.4, -0.2) is 47.0 Å². The first kappa shape index (κ1) is 15.3. The largest absolute Gasteiger partial charge is 0.401 e. The van der Waals surface area contributed by atoms with Crippen LogP contribution < -0.4 is 5.32 Å². The van der Waals surface area contributed by atoms with E-state index in [4.69, 9.17) is 0 Å². The van der Waals surface area contributed by atoms with Gasteiger partial charge in [0.25, 0.3) is 0 Å². The van der Waals surface area contributed by atoms with Crippen LogP contribution in [0.25, 0.3) is 0 Å². The van der Waals surface area contributed by atoms with E-state index in [-0.39, 0.29) is 12.0 Å². The van der Waals surface area contributed by atoms with Crippen LogP contribution in [0.1, 0.15) is 24.9 Å². The van der Waals surface area contributed by atoms with Gasteiger partial charge in [-0.3, -0.25) is 9.58 Å². The molecule has 0 aliphatic carbocycles. The summed E-state index contributed by atoms with van der Waals surface area (Å²) in [6.07, 6.45) is 0.485.